The molecule has 0 radical (unpaired) electrons. The van der Waals surface area contributed by atoms with Crippen molar-refractivity contribution >= 4 is 51.2 Å². The van der Waals surface area contributed by atoms with Crippen molar-refractivity contribution in [2.45, 2.75) is 6.92 Å². The second-order valence-electron chi connectivity index (χ2n) is 5.20. The molecular formula is C16H18ClN3OS2. The average Bonchev–Trinajstić information content (AvgIpc) is 3.18. The third-order valence-corrected chi connectivity index (χ3v) is 5.64. The molecule has 122 valence electrons. The van der Waals surface area contributed by atoms with Gasteiger partial charge in [0.1, 0.15) is 5.01 Å². The first kappa shape index (κ1) is 17.9. The Balaban J connectivity index is 0.00000192. The molecule has 0 aliphatic rings. The summed E-state index contributed by atoms with van der Waals surface area (Å²) >= 11 is 3.12. The van der Waals surface area contributed by atoms with E-state index in [9.17, 15) is 4.79 Å². The van der Waals surface area contributed by atoms with Crippen LogP contribution in [0.2, 0.25) is 0 Å². The van der Waals surface area contributed by atoms with Gasteiger partial charge in [-0.2, -0.15) is 0 Å². The largest absolute Gasteiger partial charge is 0.351 e. The van der Waals surface area contributed by atoms with Gasteiger partial charge in [0.15, 0.2) is 0 Å². The van der Waals surface area contributed by atoms with Crippen LogP contribution >= 0.6 is 35.1 Å². The number of hydrogen-bond donors (Lipinski definition) is 2. The van der Waals surface area contributed by atoms with Crippen molar-refractivity contribution in [1.29, 1.82) is 0 Å². The normalized spacial score (nSPS) is 11.9. The number of amides is 1. The van der Waals surface area contributed by atoms with Crippen molar-refractivity contribution in [2.24, 2.45) is 11.7 Å². The fraction of sp³-hybridized carbons (Fsp3) is 0.250. The number of thiophene rings is 1. The molecule has 1 unspecified atom stereocenters. The zero-order chi connectivity index (χ0) is 15.5. The number of para-hydroxylation sites is 1. The van der Waals surface area contributed by atoms with Crippen LogP contribution in [0.15, 0.2) is 36.4 Å². The van der Waals surface area contributed by atoms with Crippen molar-refractivity contribution < 1.29 is 4.79 Å². The molecule has 0 bridgehead atoms. The molecule has 0 aliphatic heterocycles. The number of hydrogen-bond acceptors (Lipinski definition) is 5. The summed E-state index contributed by atoms with van der Waals surface area (Å²) in [5, 5.41) is 3.87. The predicted octanol–water partition coefficient (Wildman–Crippen LogP) is 3.77. The smallest absolute Gasteiger partial charge is 0.261 e. The highest BCUT2D eigenvalue weighted by atomic mass is 35.5. The van der Waals surface area contributed by atoms with Crippen LogP contribution in [0, 0.1) is 5.92 Å². The van der Waals surface area contributed by atoms with Crippen LogP contribution in [0.1, 0.15) is 16.6 Å². The Labute approximate surface area is 149 Å². The molecule has 2 aromatic heterocycles. The maximum absolute atomic E-state index is 12.1. The Morgan fingerprint density at radius 2 is 2.04 bits per heavy atom. The number of benzene rings is 1. The standard InChI is InChI=1S/C16H17N3OS2.ClH/c1-10(8-17)9-18-15(20)13-6-7-14(21-13)16-19-11-4-2-3-5-12(11)22-16;/h2-7,10H,8-9,17H2,1H3,(H,18,20);1H. The van der Waals surface area contributed by atoms with Gasteiger partial charge in [0.05, 0.1) is 20.0 Å². The number of nitrogens with zero attached hydrogens (tertiary/aromatic N) is 1. The van der Waals surface area contributed by atoms with Gasteiger partial charge in [0.2, 0.25) is 0 Å². The van der Waals surface area contributed by atoms with Crippen LogP contribution in [0.3, 0.4) is 0 Å². The quantitative estimate of drug-likeness (QED) is 0.721. The highest BCUT2D eigenvalue weighted by Gasteiger charge is 2.13. The monoisotopic (exact) mass is 367 g/mol. The Kier molecular flexibility index (Phi) is 6.12. The minimum atomic E-state index is -0.0438. The van der Waals surface area contributed by atoms with Crippen molar-refractivity contribution in [1.82, 2.24) is 10.3 Å². The molecule has 3 rings (SSSR count). The maximum Gasteiger partial charge on any atom is 0.261 e. The van der Waals surface area contributed by atoms with Crippen molar-refractivity contribution in [3.63, 3.8) is 0 Å². The predicted molar refractivity (Wildman–Crippen MR) is 101 cm³/mol. The Hall–Kier alpha value is -1.47. The van der Waals surface area contributed by atoms with E-state index in [1.807, 2.05) is 37.3 Å². The van der Waals surface area contributed by atoms with E-state index in [0.717, 1.165) is 20.1 Å². The molecule has 2 heterocycles. The van der Waals surface area contributed by atoms with Gasteiger partial charge in [-0.3, -0.25) is 4.79 Å². The average molecular weight is 368 g/mol. The minimum Gasteiger partial charge on any atom is -0.351 e. The van der Waals surface area contributed by atoms with Gasteiger partial charge in [-0.1, -0.05) is 19.1 Å². The van der Waals surface area contributed by atoms with Crippen LogP contribution in [0.4, 0.5) is 0 Å². The molecule has 0 saturated carbocycles. The number of fused-ring (bicyclic) bond motifs is 1. The van der Waals surface area contributed by atoms with E-state index in [0.29, 0.717) is 18.0 Å². The van der Waals surface area contributed by atoms with Crippen LogP contribution in [0.5, 0.6) is 0 Å². The van der Waals surface area contributed by atoms with Gasteiger partial charge >= 0.3 is 0 Å². The molecule has 4 nitrogen and oxygen atoms in total. The topological polar surface area (TPSA) is 68.0 Å². The Morgan fingerprint density at radius 3 is 2.78 bits per heavy atom. The van der Waals surface area contributed by atoms with E-state index in [2.05, 4.69) is 16.4 Å². The van der Waals surface area contributed by atoms with Gasteiger partial charge in [0.25, 0.3) is 5.91 Å². The third kappa shape index (κ3) is 4.09. The molecule has 0 saturated heterocycles. The molecule has 3 aromatic rings. The molecule has 1 atom stereocenters. The van der Waals surface area contributed by atoms with E-state index in [-0.39, 0.29) is 24.2 Å². The molecule has 1 amide bonds. The van der Waals surface area contributed by atoms with Crippen LogP contribution in [-0.2, 0) is 0 Å². The van der Waals surface area contributed by atoms with Gasteiger partial charge in [0, 0.05) is 6.54 Å². The number of nitrogens with one attached hydrogen (secondary N) is 1. The summed E-state index contributed by atoms with van der Waals surface area (Å²) in [6.45, 7) is 3.19. The Morgan fingerprint density at radius 1 is 1.26 bits per heavy atom. The van der Waals surface area contributed by atoms with Gasteiger partial charge in [-0.25, -0.2) is 4.98 Å². The van der Waals surface area contributed by atoms with E-state index in [4.69, 9.17) is 5.73 Å². The van der Waals surface area contributed by atoms with Gasteiger partial charge in [-0.05, 0) is 36.7 Å². The van der Waals surface area contributed by atoms with Crippen molar-refractivity contribution in [3.05, 3.63) is 41.3 Å². The number of carbonyl (C=O) groups is 1. The number of halogens is 1. The molecule has 1 aromatic carbocycles. The SMILES string of the molecule is CC(CN)CNC(=O)c1ccc(-c2nc3ccccc3s2)s1.Cl. The molecule has 3 N–H and O–H groups in total. The zero-order valence-electron chi connectivity index (χ0n) is 12.6. The van der Waals surface area contributed by atoms with E-state index in [1.54, 1.807) is 11.3 Å². The lowest BCUT2D eigenvalue weighted by Gasteiger charge is -2.08. The third-order valence-electron chi connectivity index (χ3n) is 3.35. The first-order valence-corrected chi connectivity index (χ1v) is 8.74. The highest BCUT2D eigenvalue weighted by molar-refractivity contribution is 7.26. The highest BCUT2D eigenvalue weighted by Crippen LogP contribution is 2.34. The number of carbonyl (C=O) groups excluding carboxylic acids is 1. The molecular weight excluding hydrogens is 350 g/mol. The summed E-state index contributed by atoms with van der Waals surface area (Å²) < 4.78 is 1.16. The summed E-state index contributed by atoms with van der Waals surface area (Å²) in [6.07, 6.45) is 0. The maximum atomic E-state index is 12.1. The summed E-state index contributed by atoms with van der Waals surface area (Å²) in [5.41, 5.74) is 6.56. The number of nitrogens with two attached hydrogens (primary N) is 1. The lowest BCUT2D eigenvalue weighted by atomic mass is 10.2. The Bertz CT molecular complexity index is 766. The first-order chi connectivity index (χ1) is 10.7. The van der Waals surface area contributed by atoms with Crippen molar-refractivity contribution in [2.75, 3.05) is 13.1 Å². The summed E-state index contributed by atoms with van der Waals surface area (Å²) in [7, 11) is 0. The van der Waals surface area contributed by atoms with E-state index < -0.39 is 0 Å². The minimum absolute atomic E-state index is 0. The van der Waals surface area contributed by atoms with E-state index in [1.165, 1.54) is 11.3 Å². The van der Waals surface area contributed by atoms with Gasteiger partial charge < -0.3 is 11.1 Å². The van der Waals surface area contributed by atoms with Crippen LogP contribution < -0.4 is 11.1 Å². The lowest BCUT2D eigenvalue weighted by molar-refractivity contribution is 0.0952. The number of aromatic nitrogens is 1. The molecule has 0 aliphatic carbocycles. The molecule has 7 heteroatoms. The van der Waals surface area contributed by atoms with E-state index >= 15 is 0 Å². The van der Waals surface area contributed by atoms with Gasteiger partial charge in [-0.15, -0.1) is 35.1 Å². The molecule has 0 spiro atoms. The van der Waals surface area contributed by atoms with Crippen LogP contribution in [0.25, 0.3) is 20.1 Å². The fourth-order valence-corrected chi connectivity index (χ4v) is 3.93. The lowest BCUT2D eigenvalue weighted by Crippen LogP contribution is -2.30. The summed E-state index contributed by atoms with van der Waals surface area (Å²) in [5.74, 6) is 0.241. The van der Waals surface area contributed by atoms with Crippen molar-refractivity contribution in [3.8, 4) is 9.88 Å². The van der Waals surface area contributed by atoms with Crippen LogP contribution in [-0.4, -0.2) is 24.0 Å². The zero-order valence-corrected chi connectivity index (χ0v) is 15.1. The summed E-state index contributed by atoms with van der Waals surface area (Å²) in [4.78, 5) is 18.5. The number of thiazole rings is 1. The fourth-order valence-electron chi connectivity index (χ4n) is 1.99. The number of rotatable bonds is 5. The second-order valence-corrected chi connectivity index (χ2v) is 7.32. The first-order valence-electron chi connectivity index (χ1n) is 7.11. The molecule has 0 fully saturated rings. The molecule has 23 heavy (non-hydrogen) atoms. The second kappa shape index (κ2) is 7.88. The summed E-state index contributed by atoms with van der Waals surface area (Å²) in [6, 6.07) is 11.9.